The first-order valence-electron chi connectivity index (χ1n) is 5.58. The second-order valence-corrected chi connectivity index (χ2v) is 6.46. The first-order chi connectivity index (χ1) is 7.63. The molecule has 1 aliphatic heterocycles. The van der Waals surface area contributed by atoms with Gasteiger partial charge < -0.3 is 5.73 Å². The van der Waals surface area contributed by atoms with E-state index in [0.29, 0.717) is 13.0 Å². The molecule has 1 aliphatic rings. The van der Waals surface area contributed by atoms with E-state index in [2.05, 4.69) is 5.10 Å². The van der Waals surface area contributed by atoms with Gasteiger partial charge in [-0.3, -0.25) is 4.68 Å². The van der Waals surface area contributed by atoms with Gasteiger partial charge in [-0.2, -0.15) is 5.10 Å². The van der Waals surface area contributed by atoms with E-state index in [0.717, 1.165) is 24.8 Å². The smallest absolute Gasteiger partial charge is 0.173 e. The van der Waals surface area contributed by atoms with E-state index in [-0.39, 0.29) is 5.75 Å². The lowest BCUT2D eigenvalue weighted by molar-refractivity contribution is 0.527. The van der Waals surface area contributed by atoms with Gasteiger partial charge in [0.05, 0.1) is 11.9 Å². The molecule has 0 amide bonds. The lowest BCUT2D eigenvalue weighted by Crippen LogP contribution is -2.15. The Bertz CT molecular complexity index is 452. The minimum atomic E-state index is -2.97. The van der Waals surface area contributed by atoms with Crippen molar-refractivity contribution in [2.45, 2.75) is 31.1 Å². The summed E-state index contributed by atoms with van der Waals surface area (Å²) in [6.07, 6.45) is 6.77. The largest absolute Gasteiger partial charge is 0.330 e. The van der Waals surface area contributed by atoms with Crippen LogP contribution in [0, 0.1) is 0 Å². The summed E-state index contributed by atoms with van der Waals surface area (Å²) >= 11 is 0. The second-order valence-electron chi connectivity index (χ2n) is 4.18. The van der Waals surface area contributed by atoms with Crippen LogP contribution < -0.4 is 5.73 Å². The van der Waals surface area contributed by atoms with Crippen LogP contribution in [0.5, 0.6) is 0 Å². The normalized spacial score (nSPS) is 23.7. The third kappa shape index (κ3) is 2.27. The van der Waals surface area contributed by atoms with Crippen LogP contribution in [-0.2, 0) is 16.3 Å². The molecule has 1 aromatic heterocycles. The van der Waals surface area contributed by atoms with Crippen LogP contribution in [-0.4, -0.2) is 30.5 Å². The Hall–Kier alpha value is -0.880. The maximum absolute atomic E-state index is 11.7. The Kier molecular flexibility index (Phi) is 3.30. The maximum Gasteiger partial charge on any atom is 0.173 e. The van der Waals surface area contributed by atoms with E-state index in [4.69, 9.17) is 5.73 Å². The molecule has 0 aliphatic carbocycles. The van der Waals surface area contributed by atoms with Crippen molar-refractivity contribution in [1.82, 2.24) is 9.78 Å². The zero-order chi connectivity index (χ0) is 11.6. The van der Waals surface area contributed by atoms with E-state index in [9.17, 15) is 8.42 Å². The molecule has 0 aromatic carbocycles. The van der Waals surface area contributed by atoms with Crippen LogP contribution in [0.1, 0.15) is 30.2 Å². The van der Waals surface area contributed by atoms with Crippen molar-refractivity contribution < 1.29 is 8.42 Å². The van der Waals surface area contributed by atoms with Crippen LogP contribution in [0.2, 0.25) is 0 Å². The third-order valence-electron chi connectivity index (χ3n) is 2.91. The number of sulfone groups is 1. The van der Waals surface area contributed by atoms with Crippen molar-refractivity contribution >= 4 is 9.84 Å². The molecule has 0 saturated carbocycles. The molecule has 0 bridgehead atoms. The van der Waals surface area contributed by atoms with Crippen molar-refractivity contribution in [3.8, 4) is 0 Å². The lowest BCUT2D eigenvalue weighted by atomic mass is 10.2. The van der Waals surface area contributed by atoms with Crippen molar-refractivity contribution in [3.05, 3.63) is 18.0 Å². The van der Waals surface area contributed by atoms with Gasteiger partial charge in [0.1, 0.15) is 0 Å². The maximum atomic E-state index is 11.7. The van der Waals surface area contributed by atoms with Gasteiger partial charge in [0.2, 0.25) is 0 Å². The molecule has 90 valence electrons. The lowest BCUT2D eigenvalue weighted by Gasteiger charge is -2.08. The average molecular weight is 243 g/mol. The summed E-state index contributed by atoms with van der Waals surface area (Å²) in [5.74, 6) is 0.287. The quantitative estimate of drug-likeness (QED) is 0.834. The van der Waals surface area contributed by atoms with E-state index < -0.39 is 15.2 Å². The predicted molar refractivity (Wildman–Crippen MR) is 61.7 cm³/mol. The Morgan fingerprint density at radius 2 is 2.38 bits per heavy atom. The fourth-order valence-corrected chi connectivity index (χ4v) is 3.85. The molecule has 2 N–H and O–H groups in total. The van der Waals surface area contributed by atoms with E-state index in [1.165, 1.54) is 0 Å². The number of hydrogen-bond acceptors (Lipinski definition) is 4. The molecule has 1 fully saturated rings. The number of nitrogens with zero attached hydrogens (tertiary/aromatic N) is 2. The molecule has 1 atom stereocenters. The van der Waals surface area contributed by atoms with Gasteiger partial charge >= 0.3 is 0 Å². The van der Waals surface area contributed by atoms with Gasteiger partial charge in [-0.1, -0.05) is 0 Å². The fraction of sp³-hybridized carbons (Fsp3) is 0.700. The highest BCUT2D eigenvalue weighted by atomic mass is 32.2. The van der Waals surface area contributed by atoms with Gasteiger partial charge in [0.15, 0.2) is 15.2 Å². The number of hydrogen-bond donors (Lipinski definition) is 1. The number of aromatic nitrogens is 2. The Morgan fingerprint density at radius 3 is 3.00 bits per heavy atom. The highest BCUT2D eigenvalue weighted by molar-refractivity contribution is 7.91. The zero-order valence-corrected chi connectivity index (χ0v) is 9.99. The highest BCUT2D eigenvalue weighted by Crippen LogP contribution is 2.29. The van der Waals surface area contributed by atoms with Crippen LogP contribution in [0.25, 0.3) is 0 Å². The zero-order valence-electron chi connectivity index (χ0n) is 9.17. The van der Waals surface area contributed by atoms with Crippen LogP contribution in [0.3, 0.4) is 0 Å². The molecule has 0 radical (unpaired) electrons. The van der Waals surface area contributed by atoms with E-state index in [1.54, 1.807) is 10.9 Å². The first-order valence-corrected chi connectivity index (χ1v) is 7.30. The molecule has 2 heterocycles. The molecular weight excluding hydrogens is 226 g/mol. The third-order valence-corrected chi connectivity index (χ3v) is 5.05. The van der Waals surface area contributed by atoms with Crippen molar-refractivity contribution in [2.75, 3.05) is 12.3 Å². The predicted octanol–water partition coefficient (Wildman–Crippen LogP) is 0.482. The van der Waals surface area contributed by atoms with Crippen molar-refractivity contribution in [1.29, 1.82) is 0 Å². The Morgan fingerprint density at radius 1 is 1.56 bits per heavy atom. The molecule has 5 nitrogen and oxygen atoms in total. The first kappa shape index (κ1) is 11.6. The summed E-state index contributed by atoms with van der Waals surface area (Å²) in [6, 6.07) is 0. The van der Waals surface area contributed by atoms with Crippen LogP contribution in [0.4, 0.5) is 0 Å². The average Bonchev–Trinajstić information content (AvgIpc) is 2.81. The highest BCUT2D eigenvalue weighted by Gasteiger charge is 2.33. The minimum absolute atomic E-state index is 0.287. The fourth-order valence-electron chi connectivity index (χ4n) is 2.04. The summed E-state index contributed by atoms with van der Waals surface area (Å²) < 4.78 is 25.0. The Balaban J connectivity index is 2.13. The SMILES string of the molecule is NCCCc1cnn(C2CCCS2(=O)=O)c1. The molecule has 16 heavy (non-hydrogen) atoms. The monoisotopic (exact) mass is 243 g/mol. The van der Waals surface area contributed by atoms with Crippen molar-refractivity contribution in [2.24, 2.45) is 5.73 Å². The number of nitrogens with two attached hydrogens (primary N) is 1. The number of aryl methyl sites for hydroxylation is 1. The minimum Gasteiger partial charge on any atom is -0.330 e. The summed E-state index contributed by atoms with van der Waals surface area (Å²) in [6.45, 7) is 0.646. The van der Waals surface area contributed by atoms with Gasteiger partial charge in [0, 0.05) is 6.20 Å². The van der Waals surface area contributed by atoms with Crippen molar-refractivity contribution in [3.63, 3.8) is 0 Å². The molecule has 2 rings (SSSR count). The molecule has 1 unspecified atom stereocenters. The summed E-state index contributed by atoms with van der Waals surface area (Å²) in [4.78, 5) is 0. The number of rotatable bonds is 4. The summed E-state index contributed by atoms with van der Waals surface area (Å²) in [5, 5.41) is 3.70. The van der Waals surface area contributed by atoms with Gasteiger partial charge in [-0.25, -0.2) is 8.42 Å². The summed E-state index contributed by atoms with van der Waals surface area (Å²) in [5.41, 5.74) is 6.49. The molecular formula is C10H17N3O2S. The van der Waals surface area contributed by atoms with Crippen LogP contribution in [0.15, 0.2) is 12.4 Å². The molecule has 0 spiro atoms. The molecule has 1 saturated heterocycles. The van der Waals surface area contributed by atoms with Gasteiger partial charge in [0.25, 0.3) is 0 Å². The standard InChI is InChI=1S/C10H17N3O2S/c11-5-1-3-9-7-12-13(8-9)10-4-2-6-16(10,14)15/h7-8,10H,1-6,11H2. The molecule has 6 heteroatoms. The van der Waals surface area contributed by atoms with Crippen LogP contribution >= 0.6 is 0 Å². The Labute approximate surface area is 95.6 Å². The second kappa shape index (κ2) is 4.55. The van der Waals surface area contributed by atoms with Gasteiger partial charge in [-0.15, -0.1) is 0 Å². The van der Waals surface area contributed by atoms with Gasteiger partial charge in [-0.05, 0) is 37.8 Å². The molecule has 1 aromatic rings. The van der Waals surface area contributed by atoms with E-state index >= 15 is 0 Å². The summed E-state index contributed by atoms with van der Waals surface area (Å²) in [7, 11) is -2.97. The van der Waals surface area contributed by atoms with E-state index in [1.807, 2.05) is 6.20 Å². The topological polar surface area (TPSA) is 78.0 Å².